The van der Waals surface area contributed by atoms with Gasteiger partial charge in [0.2, 0.25) is 5.95 Å². The minimum Gasteiger partial charge on any atom is -0.383 e. The number of rotatable bonds is 7. The number of aryl methyl sites for hydroxylation is 1. The SMILES string of the molecule is COC[C@@H](C)n1c(C)cc(C(=O)CN2CCN(c3ncccn3)CC2)c1C. The van der Waals surface area contributed by atoms with Crippen LogP contribution in [-0.4, -0.2) is 71.7 Å². The maximum atomic E-state index is 12.9. The third kappa shape index (κ3) is 4.36. The molecule has 3 heterocycles. The number of anilines is 1. The second-order valence-corrected chi connectivity index (χ2v) is 7.19. The number of aromatic nitrogens is 3. The van der Waals surface area contributed by atoms with Gasteiger partial charge in [-0.3, -0.25) is 9.69 Å². The number of methoxy groups -OCH3 is 1. The zero-order valence-electron chi connectivity index (χ0n) is 16.7. The second-order valence-electron chi connectivity index (χ2n) is 7.19. The first-order valence-electron chi connectivity index (χ1n) is 9.46. The molecule has 1 fully saturated rings. The van der Waals surface area contributed by atoms with Gasteiger partial charge >= 0.3 is 0 Å². The maximum absolute atomic E-state index is 12.9. The van der Waals surface area contributed by atoms with Gasteiger partial charge in [0.25, 0.3) is 0 Å². The first kappa shape index (κ1) is 19.5. The highest BCUT2D eigenvalue weighted by Crippen LogP contribution is 2.21. The third-order valence-corrected chi connectivity index (χ3v) is 5.21. The first-order chi connectivity index (χ1) is 13.0. The van der Waals surface area contributed by atoms with Crippen LogP contribution in [0.15, 0.2) is 24.5 Å². The van der Waals surface area contributed by atoms with E-state index in [9.17, 15) is 4.79 Å². The topological polar surface area (TPSA) is 63.5 Å². The Morgan fingerprint density at radius 3 is 2.48 bits per heavy atom. The van der Waals surface area contributed by atoms with Crippen molar-refractivity contribution in [2.45, 2.75) is 26.8 Å². The first-order valence-corrected chi connectivity index (χ1v) is 9.46. The average molecular weight is 371 g/mol. The van der Waals surface area contributed by atoms with Crippen molar-refractivity contribution in [1.82, 2.24) is 19.4 Å². The van der Waals surface area contributed by atoms with Gasteiger partial charge in [0.15, 0.2) is 5.78 Å². The molecule has 1 saturated heterocycles. The highest BCUT2D eigenvalue weighted by Gasteiger charge is 2.23. The number of hydrogen-bond donors (Lipinski definition) is 0. The van der Waals surface area contributed by atoms with Crippen LogP contribution in [0.4, 0.5) is 5.95 Å². The minimum absolute atomic E-state index is 0.184. The van der Waals surface area contributed by atoms with Gasteiger partial charge in [-0.05, 0) is 32.9 Å². The fourth-order valence-corrected chi connectivity index (χ4v) is 3.90. The third-order valence-electron chi connectivity index (χ3n) is 5.21. The van der Waals surface area contributed by atoms with E-state index in [0.29, 0.717) is 13.2 Å². The van der Waals surface area contributed by atoms with Crippen LogP contribution in [0.1, 0.15) is 34.7 Å². The van der Waals surface area contributed by atoms with Crippen molar-refractivity contribution in [3.05, 3.63) is 41.5 Å². The fraction of sp³-hybridized carbons (Fsp3) is 0.550. The Morgan fingerprint density at radius 1 is 1.19 bits per heavy atom. The molecule has 27 heavy (non-hydrogen) atoms. The number of piperazine rings is 1. The molecule has 0 bridgehead atoms. The Hall–Kier alpha value is -2.25. The molecule has 0 radical (unpaired) electrons. The van der Waals surface area contributed by atoms with E-state index < -0.39 is 0 Å². The number of nitrogens with zero attached hydrogens (tertiary/aromatic N) is 5. The van der Waals surface area contributed by atoms with Crippen LogP contribution >= 0.6 is 0 Å². The summed E-state index contributed by atoms with van der Waals surface area (Å²) in [6, 6.07) is 4.05. The zero-order valence-corrected chi connectivity index (χ0v) is 16.7. The Bertz CT molecular complexity index is 766. The van der Waals surface area contributed by atoms with Crippen molar-refractivity contribution in [1.29, 1.82) is 0 Å². The standard InChI is InChI=1S/C20H29N5O2/c1-15-12-18(17(3)25(15)16(2)14-27-4)19(26)13-23-8-10-24(11-9-23)20-21-6-5-7-22-20/h5-7,12,16H,8-11,13-14H2,1-4H3/t16-/m1/s1. The van der Waals surface area contributed by atoms with Gasteiger partial charge in [0, 0.05) is 62.6 Å². The van der Waals surface area contributed by atoms with Gasteiger partial charge in [-0.1, -0.05) is 0 Å². The van der Waals surface area contributed by atoms with Crippen LogP contribution < -0.4 is 4.90 Å². The summed E-state index contributed by atoms with van der Waals surface area (Å²) in [4.78, 5) is 25.9. The molecule has 1 aliphatic heterocycles. The molecule has 146 valence electrons. The van der Waals surface area contributed by atoms with E-state index in [1.807, 2.05) is 19.1 Å². The van der Waals surface area contributed by atoms with Crippen molar-refractivity contribution in [2.24, 2.45) is 0 Å². The van der Waals surface area contributed by atoms with Crippen LogP contribution in [0.25, 0.3) is 0 Å². The summed E-state index contributed by atoms with van der Waals surface area (Å²) in [5.74, 6) is 0.947. The van der Waals surface area contributed by atoms with Gasteiger partial charge in [-0.15, -0.1) is 0 Å². The molecule has 0 aromatic carbocycles. The largest absolute Gasteiger partial charge is 0.383 e. The van der Waals surface area contributed by atoms with E-state index in [2.05, 4.69) is 38.2 Å². The molecule has 7 heteroatoms. The van der Waals surface area contributed by atoms with Crippen LogP contribution in [-0.2, 0) is 4.74 Å². The van der Waals surface area contributed by atoms with Gasteiger partial charge in [-0.25, -0.2) is 9.97 Å². The Kier molecular flexibility index (Phi) is 6.23. The molecule has 1 atom stereocenters. The predicted molar refractivity (Wildman–Crippen MR) is 106 cm³/mol. The highest BCUT2D eigenvalue weighted by molar-refractivity contribution is 5.99. The number of ether oxygens (including phenoxy) is 1. The number of Topliss-reactive ketones (excluding diaryl/α,β-unsaturated/α-hetero) is 1. The van der Waals surface area contributed by atoms with Gasteiger partial charge in [0.1, 0.15) is 0 Å². The molecule has 2 aromatic heterocycles. The van der Waals surface area contributed by atoms with Crippen LogP contribution in [0.3, 0.4) is 0 Å². The van der Waals surface area contributed by atoms with Gasteiger partial charge in [0.05, 0.1) is 19.2 Å². The average Bonchev–Trinajstić information content (AvgIpc) is 2.97. The van der Waals surface area contributed by atoms with Crippen molar-refractivity contribution in [3.8, 4) is 0 Å². The summed E-state index contributed by atoms with van der Waals surface area (Å²) >= 11 is 0. The summed E-state index contributed by atoms with van der Waals surface area (Å²) in [7, 11) is 1.71. The van der Waals surface area contributed by atoms with Crippen molar-refractivity contribution >= 4 is 11.7 Å². The molecule has 0 aliphatic carbocycles. The zero-order chi connectivity index (χ0) is 19.4. The van der Waals surface area contributed by atoms with Crippen LogP contribution in [0.2, 0.25) is 0 Å². The van der Waals surface area contributed by atoms with Crippen molar-refractivity contribution in [3.63, 3.8) is 0 Å². The summed E-state index contributed by atoms with van der Waals surface area (Å²) in [5, 5.41) is 0. The molecular formula is C20H29N5O2. The number of hydrogen-bond acceptors (Lipinski definition) is 6. The molecule has 0 N–H and O–H groups in total. The molecule has 7 nitrogen and oxygen atoms in total. The number of carbonyl (C=O) groups excluding carboxylic acids is 1. The van der Waals surface area contributed by atoms with E-state index in [1.54, 1.807) is 19.5 Å². The molecule has 0 spiro atoms. The smallest absolute Gasteiger partial charge is 0.225 e. The molecule has 0 unspecified atom stereocenters. The maximum Gasteiger partial charge on any atom is 0.225 e. The van der Waals surface area contributed by atoms with Crippen LogP contribution in [0.5, 0.6) is 0 Å². The second kappa shape index (κ2) is 8.63. The molecule has 0 amide bonds. The van der Waals surface area contributed by atoms with Crippen molar-refractivity contribution < 1.29 is 9.53 Å². The van der Waals surface area contributed by atoms with Gasteiger partial charge in [-0.2, -0.15) is 0 Å². The van der Waals surface area contributed by atoms with E-state index in [0.717, 1.165) is 49.1 Å². The molecule has 1 aliphatic rings. The summed E-state index contributed by atoms with van der Waals surface area (Å²) in [6.45, 7) is 10.6. The summed E-state index contributed by atoms with van der Waals surface area (Å²) in [6.07, 6.45) is 3.52. The highest BCUT2D eigenvalue weighted by atomic mass is 16.5. The molecule has 0 saturated carbocycles. The summed E-state index contributed by atoms with van der Waals surface area (Å²) in [5.41, 5.74) is 2.95. The van der Waals surface area contributed by atoms with E-state index in [1.165, 1.54) is 0 Å². The quantitative estimate of drug-likeness (QED) is 0.695. The van der Waals surface area contributed by atoms with E-state index in [-0.39, 0.29) is 11.8 Å². The van der Waals surface area contributed by atoms with Crippen molar-refractivity contribution in [2.75, 3.05) is 51.3 Å². The van der Waals surface area contributed by atoms with E-state index >= 15 is 0 Å². The lowest BCUT2D eigenvalue weighted by atomic mass is 10.1. The normalized spacial score (nSPS) is 16.5. The fourth-order valence-electron chi connectivity index (χ4n) is 3.90. The lowest BCUT2D eigenvalue weighted by Crippen LogP contribution is -2.48. The summed E-state index contributed by atoms with van der Waals surface area (Å²) < 4.78 is 7.47. The molecular weight excluding hydrogens is 342 g/mol. The Balaban J connectivity index is 1.61. The molecule has 2 aromatic rings. The Labute approximate surface area is 161 Å². The monoisotopic (exact) mass is 371 g/mol. The Morgan fingerprint density at radius 2 is 1.85 bits per heavy atom. The predicted octanol–water partition coefficient (Wildman–Crippen LogP) is 2.11. The molecule has 3 rings (SSSR count). The number of carbonyl (C=O) groups is 1. The minimum atomic E-state index is 0.184. The number of ketones is 1. The van der Waals surface area contributed by atoms with Gasteiger partial charge < -0.3 is 14.2 Å². The van der Waals surface area contributed by atoms with E-state index in [4.69, 9.17) is 4.74 Å². The lowest BCUT2D eigenvalue weighted by Gasteiger charge is -2.34. The lowest BCUT2D eigenvalue weighted by molar-refractivity contribution is 0.0925. The van der Waals surface area contributed by atoms with Crippen LogP contribution in [0, 0.1) is 13.8 Å².